The van der Waals surface area contributed by atoms with Crippen LogP contribution in [0.5, 0.6) is 0 Å². The molecule has 2 N–H and O–H groups in total. The zero-order valence-corrected chi connectivity index (χ0v) is 22.5. The highest BCUT2D eigenvalue weighted by atomic mass is 35.5. The van der Waals surface area contributed by atoms with Crippen molar-refractivity contribution in [3.8, 4) is 0 Å². The summed E-state index contributed by atoms with van der Waals surface area (Å²) >= 11 is 6.54. The second kappa shape index (κ2) is 11.6. The van der Waals surface area contributed by atoms with Gasteiger partial charge < -0.3 is 15.5 Å². The Labute approximate surface area is 229 Å². The summed E-state index contributed by atoms with van der Waals surface area (Å²) in [5.41, 5.74) is -0.575. The minimum atomic E-state index is -4.70. The number of fused-ring (bicyclic) bond motifs is 1. The van der Waals surface area contributed by atoms with Gasteiger partial charge >= 0.3 is 6.18 Å². The van der Waals surface area contributed by atoms with Crippen LogP contribution >= 0.6 is 22.9 Å². The van der Waals surface area contributed by atoms with Crippen LogP contribution in [0, 0.1) is 0 Å². The fourth-order valence-corrected chi connectivity index (χ4v) is 4.58. The molecule has 0 saturated carbocycles. The molecular formula is C23H23ClF3N9O2S. The maximum atomic E-state index is 13.1. The Balaban J connectivity index is 1.43. The molecule has 39 heavy (non-hydrogen) atoms. The van der Waals surface area contributed by atoms with Crippen LogP contribution < -0.4 is 10.6 Å². The van der Waals surface area contributed by atoms with Gasteiger partial charge in [-0.25, -0.2) is 19.9 Å². The third-order valence-corrected chi connectivity index (χ3v) is 6.92. The minimum Gasteiger partial charge on any atom is -0.342 e. The first-order chi connectivity index (χ1) is 18.4. The number of aryl methyl sites for hydroxylation is 1. The highest BCUT2D eigenvalue weighted by molar-refractivity contribution is 7.13. The van der Waals surface area contributed by atoms with E-state index in [2.05, 4.69) is 40.6 Å². The van der Waals surface area contributed by atoms with Gasteiger partial charge in [-0.2, -0.15) is 18.3 Å². The van der Waals surface area contributed by atoms with Crippen LogP contribution in [0.15, 0.2) is 31.0 Å². The molecule has 4 heterocycles. The molecule has 4 aromatic heterocycles. The summed E-state index contributed by atoms with van der Waals surface area (Å²) in [6, 6.07) is 0.0485. The number of amides is 2. The van der Waals surface area contributed by atoms with Crippen molar-refractivity contribution in [1.82, 2.24) is 39.9 Å². The van der Waals surface area contributed by atoms with Crippen molar-refractivity contribution in [2.45, 2.75) is 32.1 Å². The van der Waals surface area contributed by atoms with Gasteiger partial charge in [0.2, 0.25) is 0 Å². The van der Waals surface area contributed by atoms with Crippen molar-refractivity contribution in [3.05, 3.63) is 57.1 Å². The average molecular weight is 582 g/mol. The van der Waals surface area contributed by atoms with E-state index < -0.39 is 34.6 Å². The number of hydrogen-bond acceptors (Lipinski definition) is 9. The molecule has 0 saturated heterocycles. The molecule has 1 unspecified atom stereocenters. The Morgan fingerprint density at radius 2 is 1.92 bits per heavy atom. The third kappa shape index (κ3) is 6.85. The number of halogens is 4. The molecule has 0 fully saturated rings. The van der Waals surface area contributed by atoms with Crippen LogP contribution in [0.1, 0.15) is 50.1 Å². The Morgan fingerprint density at radius 1 is 1.15 bits per heavy atom. The summed E-state index contributed by atoms with van der Waals surface area (Å²) in [5.74, 6) is -1.50. The van der Waals surface area contributed by atoms with Gasteiger partial charge in [0.25, 0.3) is 11.8 Å². The van der Waals surface area contributed by atoms with Crippen molar-refractivity contribution in [3.63, 3.8) is 0 Å². The van der Waals surface area contributed by atoms with Crippen molar-refractivity contribution >= 4 is 51.6 Å². The molecule has 0 bridgehead atoms. The van der Waals surface area contributed by atoms with Crippen LogP contribution in [0.25, 0.3) is 11.0 Å². The fraction of sp³-hybridized carbons (Fsp3) is 0.348. The van der Waals surface area contributed by atoms with E-state index in [-0.39, 0.29) is 16.4 Å². The van der Waals surface area contributed by atoms with Crippen molar-refractivity contribution in [1.29, 1.82) is 0 Å². The predicted octanol–water partition coefficient (Wildman–Crippen LogP) is 4.05. The van der Waals surface area contributed by atoms with Crippen LogP contribution in [-0.2, 0) is 12.7 Å². The number of thiazole rings is 1. The van der Waals surface area contributed by atoms with E-state index >= 15 is 0 Å². The van der Waals surface area contributed by atoms with Crippen molar-refractivity contribution < 1.29 is 22.8 Å². The number of hydrogen-bond donors (Lipinski definition) is 2. The standard InChI is InChI=1S/C23H23ClF3N9O2S/c1-12(32-21(38)18-13-10-36(6-4-5-35(2)3)34-19(13)31-11-30-18)22-29-9-16(39-22)20(37)33-17-7-14(23(25,26)27)15(24)8-28-17/h7-12H,4-6H2,1-3H3,(H,32,38)(H,28,33,37). The predicted molar refractivity (Wildman–Crippen MR) is 139 cm³/mol. The molecule has 2 amide bonds. The van der Waals surface area contributed by atoms with Gasteiger partial charge in [0.15, 0.2) is 5.65 Å². The maximum Gasteiger partial charge on any atom is 0.418 e. The first kappa shape index (κ1) is 28.3. The second-order valence-corrected chi connectivity index (χ2v) is 10.2. The van der Waals surface area contributed by atoms with Crippen LogP contribution in [0.4, 0.5) is 19.0 Å². The van der Waals surface area contributed by atoms with Gasteiger partial charge in [-0.1, -0.05) is 11.6 Å². The molecule has 1 atom stereocenters. The number of alkyl halides is 3. The lowest BCUT2D eigenvalue weighted by molar-refractivity contribution is -0.137. The molecule has 4 rings (SSSR count). The number of aromatic nitrogens is 6. The fourth-order valence-electron chi connectivity index (χ4n) is 3.55. The average Bonchev–Trinajstić information content (AvgIpc) is 3.51. The lowest BCUT2D eigenvalue weighted by Crippen LogP contribution is -2.27. The topological polar surface area (TPSA) is 131 Å². The summed E-state index contributed by atoms with van der Waals surface area (Å²) in [7, 11) is 3.97. The van der Waals surface area contributed by atoms with Gasteiger partial charge in [-0.15, -0.1) is 11.3 Å². The Morgan fingerprint density at radius 3 is 2.64 bits per heavy atom. The Bertz CT molecular complexity index is 1510. The van der Waals surface area contributed by atoms with Gasteiger partial charge in [0.05, 0.1) is 28.2 Å². The highest BCUT2D eigenvalue weighted by Crippen LogP contribution is 2.35. The van der Waals surface area contributed by atoms with Gasteiger partial charge in [0.1, 0.15) is 27.7 Å². The molecule has 11 nitrogen and oxygen atoms in total. The van der Waals surface area contributed by atoms with E-state index in [0.29, 0.717) is 28.7 Å². The van der Waals surface area contributed by atoms with E-state index in [9.17, 15) is 22.8 Å². The molecule has 4 aromatic rings. The largest absolute Gasteiger partial charge is 0.418 e. The van der Waals surface area contributed by atoms with E-state index in [1.54, 1.807) is 17.8 Å². The lowest BCUT2D eigenvalue weighted by atomic mass is 10.2. The van der Waals surface area contributed by atoms with E-state index in [4.69, 9.17) is 11.6 Å². The maximum absolute atomic E-state index is 13.1. The number of carbonyl (C=O) groups is 2. The van der Waals surface area contributed by atoms with Crippen molar-refractivity contribution in [2.24, 2.45) is 0 Å². The number of nitrogens with zero attached hydrogens (tertiary/aromatic N) is 7. The first-order valence-electron chi connectivity index (χ1n) is 11.6. The summed E-state index contributed by atoms with van der Waals surface area (Å²) in [6.07, 6.45) is 1.23. The Hall–Kier alpha value is -3.69. The van der Waals surface area contributed by atoms with Crippen LogP contribution in [-0.4, -0.2) is 67.1 Å². The molecule has 0 aliphatic heterocycles. The third-order valence-electron chi connectivity index (χ3n) is 5.44. The molecule has 0 spiro atoms. The highest BCUT2D eigenvalue weighted by Gasteiger charge is 2.34. The van der Waals surface area contributed by atoms with Crippen LogP contribution in [0.2, 0.25) is 5.02 Å². The molecule has 206 valence electrons. The van der Waals surface area contributed by atoms with Gasteiger partial charge in [-0.3, -0.25) is 14.3 Å². The van der Waals surface area contributed by atoms with Gasteiger partial charge in [0, 0.05) is 18.9 Å². The van der Waals surface area contributed by atoms with Crippen molar-refractivity contribution in [2.75, 3.05) is 26.0 Å². The molecule has 0 radical (unpaired) electrons. The zero-order chi connectivity index (χ0) is 28.3. The Kier molecular flexibility index (Phi) is 8.42. The zero-order valence-electron chi connectivity index (χ0n) is 21.0. The molecule has 0 aliphatic rings. The molecule has 0 aliphatic carbocycles. The van der Waals surface area contributed by atoms with Crippen LogP contribution in [0.3, 0.4) is 0 Å². The number of carbonyl (C=O) groups excluding carboxylic acids is 2. The van der Waals surface area contributed by atoms with E-state index in [1.165, 1.54) is 12.5 Å². The monoisotopic (exact) mass is 581 g/mol. The first-order valence-corrected chi connectivity index (χ1v) is 12.8. The number of rotatable bonds is 9. The SMILES string of the molecule is CC(NC(=O)c1ncnc2nn(CCCN(C)C)cc12)c1ncc(C(=O)Nc2cc(C(F)(F)F)c(Cl)cn2)s1. The second-order valence-electron chi connectivity index (χ2n) is 8.77. The summed E-state index contributed by atoms with van der Waals surface area (Å²) in [5, 5.41) is 9.83. The summed E-state index contributed by atoms with van der Waals surface area (Å²) < 4.78 is 41.0. The molecular weight excluding hydrogens is 559 g/mol. The number of nitrogens with one attached hydrogen (secondary N) is 2. The smallest absolute Gasteiger partial charge is 0.342 e. The minimum absolute atomic E-state index is 0.111. The molecule has 16 heteroatoms. The van der Waals surface area contributed by atoms with Gasteiger partial charge in [-0.05, 0) is 40.1 Å². The summed E-state index contributed by atoms with van der Waals surface area (Å²) in [4.78, 5) is 44.0. The normalized spacial score (nSPS) is 12.6. The lowest BCUT2D eigenvalue weighted by Gasteiger charge is -2.11. The number of anilines is 1. The van der Waals surface area contributed by atoms with E-state index in [1.807, 2.05) is 14.1 Å². The quantitative estimate of drug-likeness (QED) is 0.303. The molecule has 0 aromatic carbocycles. The summed E-state index contributed by atoms with van der Waals surface area (Å²) in [6.45, 7) is 3.21. The number of pyridine rings is 1. The van der Waals surface area contributed by atoms with E-state index in [0.717, 1.165) is 30.5 Å².